The molecular formula is C30H25NO5. The maximum absolute atomic E-state index is 13.1. The molecule has 1 N–H and O–H groups in total. The molecular weight excluding hydrogens is 454 g/mol. The Hall–Kier alpha value is -4.58. The van der Waals surface area contributed by atoms with E-state index in [2.05, 4.69) is 6.07 Å². The van der Waals surface area contributed by atoms with Crippen molar-refractivity contribution in [1.82, 2.24) is 4.90 Å². The summed E-state index contributed by atoms with van der Waals surface area (Å²) in [6.45, 7) is 2.56. The van der Waals surface area contributed by atoms with Crippen LogP contribution in [0, 0.1) is 6.92 Å². The summed E-state index contributed by atoms with van der Waals surface area (Å²) in [6.07, 6.45) is 1.52. The summed E-state index contributed by atoms with van der Waals surface area (Å²) in [4.78, 5) is 27.6. The van der Waals surface area contributed by atoms with Crippen LogP contribution in [-0.2, 0) is 22.7 Å². The largest absolute Gasteiger partial charge is 0.507 e. The minimum Gasteiger partial charge on any atom is -0.507 e. The molecule has 1 saturated heterocycles. The van der Waals surface area contributed by atoms with Gasteiger partial charge in [0.25, 0.3) is 11.7 Å². The molecule has 1 fully saturated rings. The molecule has 0 unspecified atom stereocenters. The summed E-state index contributed by atoms with van der Waals surface area (Å²) in [7, 11) is 0. The summed E-state index contributed by atoms with van der Waals surface area (Å²) >= 11 is 0. The lowest BCUT2D eigenvalue weighted by atomic mass is 9.95. The normalized spacial score (nSPS) is 16.9. The molecule has 6 heteroatoms. The number of aliphatic hydroxyl groups excluding tert-OH is 1. The van der Waals surface area contributed by atoms with Crippen LogP contribution >= 0.6 is 0 Å². The Morgan fingerprint density at radius 1 is 0.944 bits per heavy atom. The van der Waals surface area contributed by atoms with Crippen molar-refractivity contribution in [2.24, 2.45) is 0 Å². The zero-order chi connectivity index (χ0) is 25.1. The van der Waals surface area contributed by atoms with E-state index in [0.717, 1.165) is 16.7 Å². The predicted molar refractivity (Wildman–Crippen MR) is 135 cm³/mol. The third-order valence-corrected chi connectivity index (χ3v) is 6.18. The summed E-state index contributed by atoms with van der Waals surface area (Å²) in [5.41, 5.74) is 3.42. The van der Waals surface area contributed by atoms with Crippen LogP contribution in [0.4, 0.5) is 0 Å². The van der Waals surface area contributed by atoms with Crippen LogP contribution in [-0.4, -0.2) is 21.7 Å². The molecule has 6 nitrogen and oxygen atoms in total. The molecule has 0 bridgehead atoms. The zero-order valence-electron chi connectivity index (χ0n) is 19.8. The first-order chi connectivity index (χ1) is 17.5. The number of aliphatic hydroxyl groups is 1. The number of amides is 1. The highest BCUT2D eigenvalue weighted by atomic mass is 16.5. The van der Waals surface area contributed by atoms with Gasteiger partial charge in [0, 0.05) is 5.56 Å². The van der Waals surface area contributed by atoms with Crippen LogP contribution in [0.15, 0.2) is 107 Å². The Kier molecular flexibility index (Phi) is 6.41. The predicted octanol–water partition coefficient (Wildman–Crippen LogP) is 5.79. The molecule has 1 aliphatic heterocycles. The van der Waals surface area contributed by atoms with E-state index >= 15 is 0 Å². The molecule has 0 spiro atoms. The highest BCUT2D eigenvalue weighted by molar-refractivity contribution is 6.46. The summed E-state index contributed by atoms with van der Waals surface area (Å²) in [6, 6.07) is 26.8. The lowest BCUT2D eigenvalue weighted by Gasteiger charge is -2.24. The molecule has 2 heterocycles. The fraction of sp³-hybridized carbons (Fsp3) is 0.133. The van der Waals surface area contributed by atoms with Gasteiger partial charge in [0.1, 0.15) is 23.9 Å². The second kappa shape index (κ2) is 9.96. The molecule has 3 aromatic carbocycles. The van der Waals surface area contributed by atoms with E-state index in [-0.39, 0.29) is 17.9 Å². The minimum absolute atomic E-state index is 0.0474. The van der Waals surface area contributed by atoms with Crippen molar-refractivity contribution >= 4 is 17.4 Å². The highest BCUT2D eigenvalue weighted by Gasteiger charge is 2.46. The molecule has 0 radical (unpaired) electrons. The average Bonchev–Trinajstić information content (AvgIpc) is 3.50. The Bertz CT molecular complexity index is 1410. The molecule has 4 aromatic rings. The van der Waals surface area contributed by atoms with Gasteiger partial charge in [0.2, 0.25) is 0 Å². The van der Waals surface area contributed by atoms with Crippen LogP contribution in [0.2, 0.25) is 0 Å². The van der Waals surface area contributed by atoms with Crippen molar-refractivity contribution in [2.45, 2.75) is 26.1 Å². The van der Waals surface area contributed by atoms with Crippen LogP contribution < -0.4 is 4.74 Å². The standard InChI is InChI=1S/C30H25NO5/c1-20-7-5-8-21(17-20)19-36-24-14-12-23(13-15-24)28(32)26-27(22-9-3-2-4-10-22)31(30(34)29(26)33)18-25-11-6-16-35-25/h2-17,27,32H,18-19H2,1H3/t27-/m0/s1. The first-order valence-electron chi connectivity index (χ1n) is 11.7. The highest BCUT2D eigenvalue weighted by Crippen LogP contribution is 2.40. The van der Waals surface area contributed by atoms with Gasteiger partial charge in [-0.15, -0.1) is 0 Å². The van der Waals surface area contributed by atoms with Crippen LogP contribution in [0.5, 0.6) is 5.75 Å². The monoisotopic (exact) mass is 479 g/mol. The third kappa shape index (κ3) is 4.66. The first-order valence-corrected chi connectivity index (χ1v) is 11.7. The van der Waals surface area contributed by atoms with E-state index in [1.165, 1.54) is 11.2 Å². The molecule has 1 aromatic heterocycles. The number of ketones is 1. The van der Waals surface area contributed by atoms with Gasteiger partial charge in [-0.2, -0.15) is 0 Å². The van der Waals surface area contributed by atoms with Crippen molar-refractivity contribution in [3.05, 3.63) is 131 Å². The molecule has 0 aliphatic carbocycles. The van der Waals surface area contributed by atoms with Crippen LogP contribution in [0.3, 0.4) is 0 Å². The van der Waals surface area contributed by atoms with Gasteiger partial charge >= 0.3 is 0 Å². The lowest BCUT2D eigenvalue weighted by Crippen LogP contribution is -2.29. The van der Waals surface area contributed by atoms with Crippen molar-refractivity contribution in [3.63, 3.8) is 0 Å². The Balaban J connectivity index is 1.45. The number of carbonyl (C=O) groups excluding carboxylic acids is 2. The van der Waals surface area contributed by atoms with E-state index in [4.69, 9.17) is 9.15 Å². The van der Waals surface area contributed by atoms with Gasteiger partial charge in [-0.25, -0.2) is 0 Å². The molecule has 180 valence electrons. The number of carbonyl (C=O) groups is 2. The average molecular weight is 480 g/mol. The number of hydrogen-bond acceptors (Lipinski definition) is 5. The molecule has 1 amide bonds. The summed E-state index contributed by atoms with van der Waals surface area (Å²) < 4.78 is 11.3. The van der Waals surface area contributed by atoms with Crippen LogP contribution in [0.1, 0.15) is 34.1 Å². The molecule has 1 aliphatic rings. The van der Waals surface area contributed by atoms with Crippen molar-refractivity contribution in [3.8, 4) is 5.75 Å². The summed E-state index contributed by atoms with van der Waals surface area (Å²) in [5.74, 6) is -0.458. The number of furan rings is 1. The van der Waals surface area contributed by atoms with Crippen LogP contribution in [0.25, 0.3) is 5.76 Å². The van der Waals surface area contributed by atoms with Gasteiger partial charge < -0.3 is 19.2 Å². The van der Waals surface area contributed by atoms with Gasteiger partial charge in [-0.1, -0.05) is 60.2 Å². The van der Waals surface area contributed by atoms with Crippen molar-refractivity contribution < 1.29 is 23.8 Å². The third-order valence-electron chi connectivity index (χ3n) is 6.18. The van der Waals surface area contributed by atoms with Gasteiger partial charge in [0.05, 0.1) is 24.4 Å². The Morgan fingerprint density at radius 2 is 1.72 bits per heavy atom. The fourth-order valence-electron chi connectivity index (χ4n) is 4.43. The Labute approximate surface area is 209 Å². The SMILES string of the molecule is Cc1cccc(COc2ccc(C(O)=C3C(=O)C(=O)N(Cc4ccco4)[C@H]3c3ccccc3)cc2)c1. The van der Waals surface area contributed by atoms with Gasteiger partial charge in [-0.05, 0) is 54.4 Å². The number of rotatable bonds is 7. The first kappa shape index (κ1) is 23.2. The number of nitrogens with zero attached hydrogens (tertiary/aromatic N) is 1. The second-order valence-corrected chi connectivity index (χ2v) is 8.72. The Morgan fingerprint density at radius 3 is 2.42 bits per heavy atom. The number of Topliss-reactive ketones (excluding diaryl/α,β-unsaturated/α-hetero) is 1. The molecule has 5 rings (SSSR count). The van der Waals surface area contributed by atoms with E-state index in [0.29, 0.717) is 23.7 Å². The number of likely N-dealkylation sites (tertiary alicyclic amines) is 1. The van der Waals surface area contributed by atoms with Gasteiger partial charge in [0.15, 0.2) is 0 Å². The second-order valence-electron chi connectivity index (χ2n) is 8.72. The van der Waals surface area contributed by atoms with Crippen molar-refractivity contribution in [1.29, 1.82) is 0 Å². The maximum atomic E-state index is 13.1. The number of benzene rings is 3. The van der Waals surface area contributed by atoms with E-state index in [9.17, 15) is 14.7 Å². The summed E-state index contributed by atoms with van der Waals surface area (Å²) in [5, 5.41) is 11.2. The molecule has 36 heavy (non-hydrogen) atoms. The maximum Gasteiger partial charge on any atom is 0.296 e. The lowest BCUT2D eigenvalue weighted by molar-refractivity contribution is -0.140. The van der Waals surface area contributed by atoms with E-state index < -0.39 is 17.7 Å². The van der Waals surface area contributed by atoms with Gasteiger partial charge in [-0.3, -0.25) is 9.59 Å². The molecule has 0 saturated carbocycles. The quantitative estimate of drug-likeness (QED) is 0.206. The van der Waals surface area contributed by atoms with Crippen molar-refractivity contribution in [2.75, 3.05) is 0 Å². The number of aryl methyl sites for hydroxylation is 1. The number of hydrogen-bond donors (Lipinski definition) is 1. The number of ether oxygens (including phenoxy) is 1. The topological polar surface area (TPSA) is 80.0 Å². The van der Waals surface area contributed by atoms with E-state index in [1.807, 2.05) is 55.5 Å². The smallest absolute Gasteiger partial charge is 0.296 e. The minimum atomic E-state index is -0.742. The van der Waals surface area contributed by atoms with E-state index in [1.54, 1.807) is 36.4 Å². The zero-order valence-corrected chi connectivity index (χ0v) is 19.8. The molecule has 1 atom stereocenters. The fourth-order valence-corrected chi connectivity index (χ4v) is 4.43.